The Hall–Kier alpha value is -2.81. The SMILES string of the molecule is COc1cccc(-c2nnc(SCC(=O)NCc3cccs3)n2-c2ccc(Cl)cc2)c1. The summed E-state index contributed by atoms with van der Waals surface area (Å²) in [4.78, 5) is 13.5. The number of thioether (sulfide) groups is 1. The number of aromatic nitrogens is 3. The van der Waals surface area contributed by atoms with Crippen LogP contribution in [0.15, 0.2) is 71.2 Å². The molecule has 0 atom stereocenters. The monoisotopic (exact) mass is 470 g/mol. The molecule has 4 rings (SSSR count). The number of hydrogen-bond acceptors (Lipinski definition) is 6. The molecule has 1 N–H and O–H groups in total. The zero-order valence-electron chi connectivity index (χ0n) is 16.6. The van der Waals surface area contributed by atoms with Crippen molar-refractivity contribution in [3.05, 3.63) is 75.9 Å². The van der Waals surface area contributed by atoms with E-state index in [9.17, 15) is 4.79 Å². The molecule has 6 nitrogen and oxygen atoms in total. The first kappa shape index (κ1) is 21.4. The van der Waals surface area contributed by atoms with Crippen molar-refractivity contribution in [3.8, 4) is 22.8 Å². The van der Waals surface area contributed by atoms with E-state index >= 15 is 0 Å². The Bertz CT molecular complexity index is 1160. The van der Waals surface area contributed by atoms with E-state index in [1.54, 1.807) is 18.4 Å². The van der Waals surface area contributed by atoms with Crippen LogP contribution in [0.1, 0.15) is 4.88 Å². The van der Waals surface area contributed by atoms with Crippen molar-refractivity contribution in [2.45, 2.75) is 11.7 Å². The van der Waals surface area contributed by atoms with E-state index in [1.807, 2.05) is 70.6 Å². The molecule has 0 saturated heterocycles. The molecule has 0 spiro atoms. The van der Waals surface area contributed by atoms with Gasteiger partial charge in [0.15, 0.2) is 11.0 Å². The predicted molar refractivity (Wildman–Crippen MR) is 125 cm³/mol. The Morgan fingerprint density at radius 3 is 2.74 bits per heavy atom. The fraction of sp³-hybridized carbons (Fsp3) is 0.136. The highest BCUT2D eigenvalue weighted by molar-refractivity contribution is 7.99. The summed E-state index contributed by atoms with van der Waals surface area (Å²) < 4.78 is 7.27. The van der Waals surface area contributed by atoms with Gasteiger partial charge in [0.05, 0.1) is 19.4 Å². The largest absolute Gasteiger partial charge is 0.497 e. The summed E-state index contributed by atoms with van der Waals surface area (Å²) in [7, 11) is 1.62. The maximum atomic E-state index is 12.3. The number of thiophene rings is 1. The molecule has 2 aromatic carbocycles. The molecule has 2 aromatic heterocycles. The summed E-state index contributed by atoms with van der Waals surface area (Å²) in [6.45, 7) is 0.524. The minimum atomic E-state index is -0.0630. The number of carbonyl (C=O) groups is 1. The van der Waals surface area contributed by atoms with Crippen LogP contribution in [0.25, 0.3) is 17.1 Å². The summed E-state index contributed by atoms with van der Waals surface area (Å²) in [5.41, 5.74) is 1.71. The first-order valence-corrected chi connectivity index (χ1v) is 11.7. The van der Waals surface area contributed by atoms with Crippen molar-refractivity contribution < 1.29 is 9.53 Å². The number of nitrogens with one attached hydrogen (secondary N) is 1. The van der Waals surface area contributed by atoms with Gasteiger partial charge in [0, 0.05) is 21.2 Å². The number of benzene rings is 2. The highest BCUT2D eigenvalue weighted by Gasteiger charge is 2.18. The molecule has 0 radical (unpaired) electrons. The number of amides is 1. The molecule has 0 saturated carbocycles. The van der Waals surface area contributed by atoms with Gasteiger partial charge in [-0.05, 0) is 47.8 Å². The molecule has 0 bridgehead atoms. The first-order chi connectivity index (χ1) is 15.1. The van der Waals surface area contributed by atoms with Gasteiger partial charge >= 0.3 is 0 Å². The van der Waals surface area contributed by atoms with Crippen molar-refractivity contribution in [1.82, 2.24) is 20.1 Å². The number of halogens is 1. The highest BCUT2D eigenvalue weighted by Crippen LogP contribution is 2.30. The molecule has 4 aromatic rings. The minimum absolute atomic E-state index is 0.0630. The van der Waals surface area contributed by atoms with Gasteiger partial charge in [-0.25, -0.2) is 0 Å². The van der Waals surface area contributed by atoms with Crippen LogP contribution in [0.3, 0.4) is 0 Å². The highest BCUT2D eigenvalue weighted by atomic mass is 35.5. The van der Waals surface area contributed by atoms with Gasteiger partial charge < -0.3 is 10.1 Å². The third-order valence-electron chi connectivity index (χ3n) is 4.42. The van der Waals surface area contributed by atoms with Crippen molar-refractivity contribution >= 4 is 40.6 Å². The molecular weight excluding hydrogens is 452 g/mol. The van der Waals surface area contributed by atoms with Crippen LogP contribution in [-0.4, -0.2) is 33.5 Å². The maximum absolute atomic E-state index is 12.3. The van der Waals surface area contributed by atoms with E-state index in [1.165, 1.54) is 11.8 Å². The van der Waals surface area contributed by atoms with E-state index in [0.717, 1.165) is 21.9 Å². The Morgan fingerprint density at radius 2 is 2.00 bits per heavy atom. The van der Waals surface area contributed by atoms with E-state index in [0.29, 0.717) is 22.5 Å². The van der Waals surface area contributed by atoms with E-state index in [-0.39, 0.29) is 11.7 Å². The molecule has 0 unspecified atom stereocenters. The van der Waals surface area contributed by atoms with Crippen LogP contribution < -0.4 is 10.1 Å². The molecule has 0 fully saturated rings. The molecule has 2 heterocycles. The van der Waals surface area contributed by atoms with Gasteiger partial charge in [0.1, 0.15) is 5.75 Å². The third-order valence-corrected chi connectivity index (χ3v) is 6.48. The Balaban J connectivity index is 1.59. The fourth-order valence-corrected chi connectivity index (χ4v) is 4.47. The normalized spacial score (nSPS) is 10.8. The smallest absolute Gasteiger partial charge is 0.230 e. The first-order valence-electron chi connectivity index (χ1n) is 9.41. The Labute approximate surface area is 193 Å². The van der Waals surface area contributed by atoms with Crippen molar-refractivity contribution in [1.29, 1.82) is 0 Å². The lowest BCUT2D eigenvalue weighted by atomic mass is 10.2. The number of rotatable bonds is 8. The average molecular weight is 471 g/mol. The lowest BCUT2D eigenvalue weighted by Gasteiger charge is -2.11. The number of carbonyl (C=O) groups excluding carboxylic acids is 1. The van der Waals surface area contributed by atoms with Gasteiger partial charge in [-0.3, -0.25) is 9.36 Å². The van der Waals surface area contributed by atoms with E-state index < -0.39 is 0 Å². The van der Waals surface area contributed by atoms with Gasteiger partial charge in [-0.15, -0.1) is 21.5 Å². The molecule has 0 aliphatic heterocycles. The van der Waals surface area contributed by atoms with Gasteiger partial charge in [0.2, 0.25) is 5.91 Å². The van der Waals surface area contributed by atoms with Crippen LogP contribution in [0.5, 0.6) is 5.75 Å². The quantitative estimate of drug-likeness (QED) is 0.364. The summed E-state index contributed by atoms with van der Waals surface area (Å²) in [5, 5.41) is 14.9. The fourth-order valence-electron chi connectivity index (χ4n) is 2.92. The van der Waals surface area contributed by atoms with Crippen LogP contribution in [0.2, 0.25) is 5.02 Å². The predicted octanol–water partition coefficient (Wildman–Crippen LogP) is 5.07. The summed E-state index contributed by atoms with van der Waals surface area (Å²) in [6.07, 6.45) is 0. The number of methoxy groups -OCH3 is 1. The Kier molecular flexibility index (Phi) is 6.91. The second-order valence-corrected chi connectivity index (χ2v) is 8.91. The summed E-state index contributed by atoms with van der Waals surface area (Å²) >= 11 is 9.02. The molecule has 1 amide bonds. The van der Waals surface area contributed by atoms with Crippen LogP contribution in [0, 0.1) is 0 Å². The van der Waals surface area contributed by atoms with E-state index in [2.05, 4.69) is 15.5 Å². The Morgan fingerprint density at radius 1 is 1.16 bits per heavy atom. The zero-order chi connectivity index (χ0) is 21.6. The number of nitrogens with zero attached hydrogens (tertiary/aromatic N) is 3. The summed E-state index contributed by atoms with van der Waals surface area (Å²) in [6, 6.07) is 19.0. The van der Waals surface area contributed by atoms with Crippen molar-refractivity contribution in [2.24, 2.45) is 0 Å². The van der Waals surface area contributed by atoms with Crippen molar-refractivity contribution in [2.75, 3.05) is 12.9 Å². The van der Waals surface area contributed by atoms with Gasteiger partial charge in [-0.2, -0.15) is 0 Å². The maximum Gasteiger partial charge on any atom is 0.230 e. The van der Waals surface area contributed by atoms with Crippen molar-refractivity contribution in [3.63, 3.8) is 0 Å². The topological polar surface area (TPSA) is 69.0 Å². The van der Waals surface area contributed by atoms with Crippen LogP contribution in [0.4, 0.5) is 0 Å². The lowest BCUT2D eigenvalue weighted by Crippen LogP contribution is -2.24. The molecule has 0 aliphatic carbocycles. The molecular formula is C22H19ClN4O2S2. The lowest BCUT2D eigenvalue weighted by molar-refractivity contribution is -0.118. The molecule has 31 heavy (non-hydrogen) atoms. The van der Waals surface area contributed by atoms with Gasteiger partial charge in [0.25, 0.3) is 0 Å². The molecule has 158 valence electrons. The van der Waals surface area contributed by atoms with Gasteiger partial charge in [-0.1, -0.05) is 41.6 Å². The molecule has 0 aliphatic rings. The average Bonchev–Trinajstić information content (AvgIpc) is 3.47. The standard InChI is InChI=1S/C22H19ClN4O2S2/c1-29-18-5-2-4-15(12-18)21-25-26-22(27(21)17-9-7-16(23)8-10-17)31-14-20(28)24-13-19-6-3-11-30-19/h2-12H,13-14H2,1H3,(H,24,28). The molecule has 9 heteroatoms. The zero-order valence-corrected chi connectivity index (χ0v) is 19.0. The van der Waals surface area contributed by atoms with E-state index in [4.69, 9.17) is 16.3 Å². The second-order valence-electron chi connectivity index (χ2n) is 6.49. The third kappa shape index (κ3) is 5.28. The second kappa shape index (κ2) is 10.00. The number of ether oxygens (including phenoxy) is 1. The number of hydrogen-bond donors (Lipinski definition) is 1. The summed E-state index contributed by atoms with van der Waals surface area (Å²) in [5.74, 6) is 1.55. The van der Waals surface area contributed by atoms with Crippen LogP contribution >= 0.6 is 34.7 Å². The minimum Gasteiger partial charge on any atom is -0.497 e. The van der Waals surface area contributed by atoms with Crippen LogP contribution in [-0.2, 0) is 11.3 Å².